The Morgan fingerprint density at radius 1 is 1.00 bits per heavy atom. The molecule has 0 unspecified atom stereocenters. The number of carbonyl (C=O) groups is 3. The second kappa shape index (κ2) is 6.57. The van der Waals surface area contributed by atoms with E-state index in [1.165, 1.54) is 18.2 Å². The lowest BCUT2D eigenvalue weighted by atomic mass is 9.92. The van der Waals surface area contributed by atoms with Crippen LogP contribution in [0.25, 0.3) is 0 Å². The number of urea groups is 1. The average Bonchev–Trinajstić information content (AvgIpc) is 3.02. The van der Waals surface area contributed by atoms with E-state index < -0.39 is 33.4 Å². The van der Waals surface area contributed by atoms with Crippen LogP contribution in [0, 0.1) is 0 Å². The average molecular weight is 434 g/mol. The van der Waals surface area contributed by atoms with Crippen LogP contribution < -0.4 is 5.32 Å². The summed E-state index contributed by atoms with van der Waals surface area (Å²) in [6.07, 6.45) is 0. The van der Waals surface area contributed by atoms with Gasteiger partial charge in [-0.1, -0.05) is 35.9 Å². The predicted octanol–water partition coefficient (Wildman–Crippen LogP) is 1.95. The fourth-order valence-electron chi connectivity index (χ4n) is 3.52. The van der Waals surface area contributed by atoms with E-state index in [2.05, 4.69) is 5.32 Å². The smallest absolute Gasteiger partial charge is 0.319 e. The molecule has 0 radical (unpaired) electrons. The van der Waals surface area contributed by atoms with Gasteiger partial charge in [0, 0.05) is 11.6 Å². The molecule has 0 bridgehead atoms. The van der Waals surface area contributed by atoms with Crippen LogP contribution in [0.1, 0.15) is 22.8 Å². The molecule has 2 aromatic carbocycles. The number of rotatable bonds is 4. The van der Waals surface area contributed by atoms with Gasteiger partial charge < -0.3 is 5.32 Å². The van der Waals surface area contributed by atoms with E-state index in [4.69, 9.17) is 11.6 Å². The molecule has 0 saturated carbocycles. The molecule has 10 heteroatoms. The Hall–Kier alpha value is -2.91. The van der Waals surface area contributed by atoms with Gasteiger partial charge in [-0.3, -0.25) is 14.5 Å². The van der Waals surface area contributed by atoms with Crippen molar-refractivity contribution in [3.63, 3.8) is 0 Å². The zero-order chi connectivity index (χ0) is 21.0. The number of benzene rings is 2. The third-order valence-electron chi connectivity index (χ3n) is 5.14. The number of imide groups is 1. The van der Waals surface area contributed by atoms with E-state index in [-0.39, 0.29) is 23.5 Å². The van der Waals surface area contributed by atoms with Crippen molar-refractivity contribution in [1.82, 2.24) is 14.5 Å². The van der Waals surface area contributed by atoms with Crippen LogP contribution in [-0.2, 0) is 20.4 Å². The Morgan fingerprint density at radius 2 is 1.66 bits per heavy atom. The summed E-state index contributed by atoms with van der Waals surface area (Å²) in [6.45, 7) is 0.975. The molecule has 1 atom stereocenters. The quantitative estimate of drug-likeness (QED) is 0.742. The first-order valence-corrected chi connectivity index (χ1v) is 10.5. The molecule has 4 rings (SSSR count). The molecular formula is C19H16ClN3O5S. The maximum Gasteiger partial charge on any atom is 0.325 e. The second-order valence-electron chi connectivity index (χ2n) is 6.90. The summed E-state index contributed by atoms with van der Waals surface area (Å²) in [6, 6.07) is 11.7. The van der Waals surface area contributed by atoms with Crippen molar-refractivity contribution < 1.29 is 22.8 Å². The number of halogens is 1. The third kappa shape index (κ3) is 2.89. The third-order valence-corrected chi connectivity index (χ3v) is 7.23. The van der Waals surface area contributed by atoms with Crippen LogP contribution >= 0.6 is 11.6 Å². The van der Waals surface area contributed by atoms with Crippen LogP contribution in [-0.4, -0.2) is 48.6 Å². The number of sulfonamides is 1. The Kier molecular flexibility index (Phi) is 4.39. The minimum atomic E-state index is -4.01. The Morgan fingerprint density at radius 3 is 2.31 bits per heavy atom. The summed E-state index contributed by atoms with van der Waals surface area (Å²) in [5, 5.41) is 3.12. The molecule has 8 nitrogen and oxygen atoms in total. The van der Waals surface area contributed by atoms with E-state index in [1.807, 2.05) is 0 Å². The van der Waals surface area contributed by atoms with Crippen LogP contribution in [0.2, 0.25) is 5.02 Å². The van der Waals surface area contributed by atoms with Crippen molar-refractivity contribution in [2.24, 2.45) is 0 Å². The van der Waals surface area contributed by atoms with Crippen LogP contribution in [0.15, 0.2) is 53.4 Å². The van der Waals surface area contributed by atoms with Crippen molar-refractivity contribution in [2.75, 3.05) is 13.1 Å². The molecular weight excluding hydrogens is 418 g/mol. The van der Waals surface area contributed by atoms with Gasteiger partial charge in [0.25, 0.3) is 21.8 Å². The zero-order valence-corrected chi connectivity index (χ0v) is 16.8. The fraction of sp³-hybridized carbons (Fsp3) is 0.211. The van der Waals surface area contributed by atoms with E-state index in [9.17, 15) is 22.8 Å². The monoisotopic (exact) mass is 433 g/mol. The van der Waals surface area contributed by atoms with Crippen LogP contribution in [0.4, 0.5) is 4.79 Å². The fourth-order valence-corrected chi connectivity index (χ4v) is 5.21. The van der Waals surface area contributed by atoms with Gasteiger partial charge in [-0.25, -0.2) is 17.5 Å². The van der Waals surface area contributed by atoms with Gasteiger partial charge in [-0.15, -0.1) is 0 Å². The molecule has 4 amide bonds. The Labute approximate surface area is 172 Å². The molecule has 0 spiro atoms. The maximum absolute atomic E-state index is 12.9. The van der Waals surface area contributed by atoms with Crippen molar-refractivity contribution in [3.05, 3.63) is 64.7 Å². The van der Waals surface area contributed by atoms with Crippen LogP contribution in [0.5, 0.6) is 0 Å². The highest BCUT2D eigenvalue weighted by Crippen LogP contribution is 2.32. The summed E-state index contributed by atoms with van der Waals surface area (Å²) in [7, 11) is -4.01. The molecule has 2 heterocycles. The van der Waals surface area contributed by atoms with Crippen molar-refractivity contribution >= 4 is 39.5 Å². The van der Waals surface area contributed by atoms with E-state index in [0.29, 0.717) is 14.9 Å². The largest absolute Gasteiger partial charge is 0.325 e. The highest BCUT2D eigenvalue weighted by molar-refractivity contribution is 7.90. The molecule has 2 aliphatic rings. The SMILES string of the molecule is C[C@]1(c2ccc(Cl)cc2)NC(=O)N(CCN2C(=O)c3ccccc3S2(=O)=O)C1=O. The van der Waals surface area contributed by atoms with Crippen molar-refractivity contribution in [2.45, 2.75) is 17.4 Å². The van der Waals surface area contributed by atoms with E-state index >= 15 is 0 Å². The van der Waals surface area contributed by atoms with Crippen molar-refractivity contribution in [1.29, 1.82) is 0 Å². The van der Waals surface area contributed by atoms with Gasteiger partial charge in [0.15, 0.2) is 0 Å². The molecule has 0 aliphatic carbocycles. The molecule has 29 heavy (non-hydrogen) atoms. The first kappa shape index (κ1) is 19.4. The van der Waals surface area contributed by atoms with Gasteiger partial charge in [0.1, 0.15) is 10.4 Å². The lowest BCUT2D eigenvalue weighted by Gasteiger charge is -2.23. The Balaban J connectivity index is 1.55. The summed E-state index contributed by atoms with van der Waals surface area (Å²) in [4.78, 5) is 38.7. The summed E-state index contributed by atoms with van der Waals surface area (Å²) >= 11 is 5.88. The highest BCUT2D eigenvalue weighted by atomic mass is 35.5. The standard InChI is InChI=1S/C19H16ClN3O5S/c1-19(12-6-8-13(20)9-7-12)17(25)22(18(26)21-19)10-11-23-16(24)14-4-2-3-5-15(14)29(23,27)28/h2-9H,10-11H2,1H3,(H,21,26)/t19-/m1/s1. The minimum absolute atomic E-state index is 0.0757. The molecule has 1 saturated heterocycles. The first-order valence-electron chi connectivity index (χ1n) is 8.72. The first-order chi connectivity index (χ1) is 13.7. The number of nitrogens with one attached hydrogen (secondary N) is 1. The van der Waals surface area contributed by atoms with Gasteiger partial charge in [-0.2, -0.15) is 0 Å². The van der Waals surface area contributed by atoms with E-state index in [0.717, 1.165) is 4.90 Å². The van der Waals surface area contributed by atoms with Gasteiger partial charge in [0.05, 0.1) is 12.1 Å². The number of hydrogen-bond acceptors (Lipinski definition) is 5. The van der Waals surface area contributed by atoms with Gasteiger partial charge in [0.2, 0.25) is 0 Å². The number of nitrogens with zero attached hydrogens (tertiary/aromatic N) is 2. The number of carbonyl (C=O) groups excluding carboxylic acids is 3. The summed E-state index contributed by atoms with van der Waals surface area (Å²) < 4.78 is 26.0. The molecule has 0 aromatic heterocycles. The number of fused-ring (bicyclic) bond motifs is 1. The molecule has 1 fully saturated rings. The van der Waals surface area contributed by atoms with E-state index in [1.54, 1.807) is 37.3 Å². The molecule has 2 aromatic rings. The zero-order valence-electron chi connectivity index (χ0n) is 15.3. The normalized spacial score (nSPS) is 22.8. The molecule has 2 aliphatic heterocycles. The predicted molar refractivity (Wildman–Crippen MR) is 104 cm³/mol. The molecule has 150 valence electrons. The second-order valence-corrected chi connectivity index (χ2v) is 9.16. The lowest BCUT2D eigenvalue weighted by Crippen LogP contribution is -2.43. The summed E-state index contributed by atoms with van der Waals surface area (Å²) in [5.74, 6) is -1.21. The lowest BCUT2D eigenvalue weighted by molar-refractivity contribution is -0.131. The Bertz CT molecular complexity index is 1150. The minimum Gasteiger partial charge on any atom is -0.319 e. The number of hydrogen-bond donors (Lipinski definition) is 1. The summed E-state index contributed by atoms with van der Waals surface area (Å²) in [5.41, 5.74) is -0.686. The maximum atomic E-state index is 12.9. The highest BCUT2D eigenvalue weighted by Gasteiger charge is 2.49. The van der Waals surface area contributed by atoms with Crippen molar-refractivity contribution in [3.8, 4) is 0 Å². The van der Waals surface area contributed by atoms with Crippen LogP contribution in [0.3, 0.4) is 0 Å². The van der Waals surface area contributed by atoms with Gasteiger partial charge in [-0.05, 0) is 36.8 Å². The van der Waals surface area contributed by atoms with Gasteiger partial charge >= 0.3 is 6.03 Å². The molecule has 1 N–H and O–H groups in total. The topological polar surface area (TPSA) is 104 Å². The number of amides is 4.